The number of hydrogen-bond donors (Lipinski definition) is 1. The summed E-state index contributed by atoms with van der Waals surface area (Å²) in [6.07, 6.45) is 7.29. The van der Waals surface area contributed by atoms with Crippen LogP contribution in [0.4, 0.5) is 0 Å². The van der Waals surface area contributed by atoms with Crippen LogP contribution in [0.2, 0.25) is 0 Å². The first-order chi connectivity index (χ1) is 11.7. The fourth-order valence-electron chi connectivity index (χ4n) is 4.52. The Hall–Kier alpha value is -1.81. The van der Waals surface area contributed by atoms with Crippen molar-refractivity contribution < 1.29 is 14.3 Å². The van der Waals surface area contributed by atoms with Gasteiger partial charge in [0.05, 0.1) is 11.7 Å². The summed E-state index contributed by atoms with van der Waals surface area (Å²) in [5, 5.41) is 11.2. The van der Waals surface area contributed by atoms with Crippen LogP contribution < -0.4 is 0 Å². The van der Waals surface area contributed by atoms with Gasteiger partial charge in [-0.15, -0.1) is 0 Å². The molecule has 2 fully saturated rings. The Balaban J connectivity index is 1.65. The molecule has 2 aliphatic rings. The first-order valence-corrected chi connectivity index (χ1v) is 9.18. The number of aliphatic hydroxyl groups excluding tert-OH is 1. The summed E-state index contributed by atoms with van der Waals surface area (Å²) in [5.74, 6) is 0.296. The Labute approximate surface area is 142 Å². The number of rotatable bonds is 3. The molecule has 1 aromatic carbocycles. The van der Waals surface area contributed by atoms with Gasteiger partial charge in [0.1, 0.15) is 11.8 Å². The number of aliphatic hydroxyl groups is 1. The second-order valence-electron chi connectivity index (χ2n) is 7.20. The quantitative estimate of drug-likeness (QED) is 0.934. The normalized spacial score (nSPS) is 27.2. The number of amides is 1. The molecule has 2 heterocycles. The lowest BCUT2D eigenvalue weighted by Crippen LogP contribution is -2.42. The Morgan fingerprint density at radius 1 is 1.29 bits per heavy atom. The average Bonchev–Trinajstić information content (AvgIpc) is 3.32. The van der Waals surface area contributed by atoms with Crippen molar-refractivity contribution in [3.05, 3.63) is 35.6 Å². The fraction of sp³-hybridized carbons (Fsp3) is 0.550. The van der Waals surface area contributed by atoms with Gasteiger partial charge in [0, 0.05) is 23.9 Å². The molecule has 4 heteroatoms. The van der Waals surface area contributed by atoms with Crippen molar-refractivity contribution in [1.29, 1.82) is 0 Å². The molecule has 1 saturated carbocycles. The number of aryl methyl sites for hydroxylation is 1. The lowest BCUT2D eigenvalue weighted by atomic mass is 9.93. The summed E-state index contributed by atoms with van der Waals surface area (Å²) in [6, 6.07) is 6.25. The van der Waals surface area contributed by atoms with Crippen LogP contribution in [-0.2, 0) is 6.42 Å². The minimum atomic E-state index is -0.254. The van der Waals surface area contributed by atoms with Crippen molar-refractivity contribution in [1.82, 2.24) is 4.90 Å². The Kier molecular flexibility index (Phi) is 4.09. The van der Waals surface area contributed by atoms with Crippen LogP contribution in [-0.4, -0.2) is 34.6 Å². The van der Waals surface area contributed by atoms with Crippen molar-refractivity contribution in [2.75, 3.05) is 6.54 Å². The molecule has 1 aliphatic carbocycles. The third kappa shape index (κ3) is 2.53. The molecule has 128 valence electrons. The number of benzene rings is 1. The van der Waals surface area contributed by atoms with Crippen molar-refractivity contribution in [2.45, 2.75) is 57.6 Å². The van der Waals surface area contributed by atoms with Gasteiger partial charge in [-0.3, -0.25) is 4.79 Å². The van der Waals surface area contributed by atoms with E-state index < -0.39 is 0 Å². The molecule has 4 nitrogen and oxygen atoms in total. The second-order valence-corrected chi connectivity index (χ2v) is 7.20. The fourth-order valence-corrected chi connectivity index (χ4v) is 4.52. The number of likely N-dealkylation sites (tertiary alicyclic amines) is 1. The third-order valence-electron chi connectivity index (χ3n) is 5.86. The smallest absolute Gasteiger partial charge is 0.258 e. The van der Waals surface area contributed by atoms with Crippen LogP contribution in [0.1, 0.15) is 54.9 Å². The zero-order chi connectivity index (χ0) is 16.7. The molecule has 1 amide bonds. The number of furan rings is 1. The lowest BCUT2D eigenvalue weighted by Gasteiger charge is -2.31. The molecular formula is C20H25NO3. The van der Waals surface area contributed by atoms with Gasteiger partial charge in [-0.05, 0) is 49.8 Å². The predicted octanol–water partition coefficient (Wildman–Crippen LogP) is 3.76. The Bertz CT molecular complexity index is 750. The third-order valence-corrected chi connectivity index (χ3v) is 5.86. The summed E-state index contributed by atoms with van der Waals surface area (Å²) in [4.78, 5) is 15.2. The van der Waals surface area contributed by atoms with E-state index in [1.807, 2.05) is 17.0 Å². The zero-order valence-corrected chi connectivity index (χ0v) is 14.2. The highest BCUT2D eigenvalue weighted by Gasteiger charge is 2.40. The Morgan fingerprint density at radius 2 is 2.17 bits per heavy atom. The van der Waals surface area contributed by atoms with Gasteiger partial charge >= 0.3 is 0 Å². The van der Waals surface area contributed by atoms with E-state index >= 15 is 0 Å². The Morgan fingerprint density at radius 3 is 2.92 bits per heavy atom. The summed E-state index contributed by atoms with van der Waals surface area (Å²) in [6.45, 7) is 2.90. The molecule has 24 heavy (non-hydrogen) atoms. The summed E-state index contributed by atoms with van der Waals surface area (Å²) in [5.41, 5.74) is 2.65. The maximum absolute atomic E-state index is 13.2. The van der Waals surface area contributed by atoms with Gasteiger partial charge in [0.25, 0.3) is 5.91 Å². The SMILES string of the molecule is CCc1ccc2occ(C(=O)N3CCC[C@@H]3[C@H]3CCC[C@@H]3O)c2c1. The van der Waals surface area contributed by atoms with Crippen molar-refractivity contribution >= 4 is 16.9 Å². The molecule has 0 radical (unpaired) electrons. The van der Waals surface area contributed by atoms with Crippen molar-refractivity contribution in [2.24, 2.45) is 5.92 Å². The van der Waals surface area contributed by atoms with E-state index in [2.05, 4.69) is 13.0 Å². The topological polar surface area (TPSA) is 53.7 Å². The number of nitrogens with zero attached hydrogens (tertiary/aromatic N) is 1. The molecule has 1 aliphatic heterocycles. The molecule has 1 aromatic heterocycles. The van der Waals surface area contributed by atoms with Crippen LogP contribution in [0.5, 0.6) is 0 Å². The minimum absolute atomic E-state index is 0.0589. The van der Waals surface area contributed by atoms with E-state index in [0.717, 1.165) is 56.0 Å². The van der Waals surface area contributed by atoms with Crippen LogP contribution >= 0.6 is 0 Å². The largest absolute Gasteiger partial charge is 0.463 e. The summed E-state index contributed by atoms with van der Waals surface area (Å²) < 4.78 is 5.61. The van der Waals surface area contributed by atoms with E-state index in [-0.39, 0.29) is 24.0 Å². The molecule has 2 aromatic rings. The lowest BCUT2D eigenvalue weighted by molar-refractivity contribution is 0.0528. The molecule has 1 saturated heterocycles. The standard InChI is InChI=1S/C20H25NO3/c1-2-13-8-9-19-15(11-13)16(12-24-19)20(23)21-10-4-6-17(21)14-5-3-7-18(14)22/h8-9,11-12,14,17-18,22H,2-7,10H2,1H3/t14-,17-,18+/m1/s1. The van der Waals surface area contributed by atoms with Crippen LogP contribution in [0.25, 0.3) is 11.0 Å². The monoisotopic (exact) mass is 327 g/mol. The summed E-state index contributed by atoms with van der Waals surface area (Å²) in [7, 11) is 0. The van der Waals surface area contributed by atoms with Gasteiger partial charge in [-0.1, -0.05) is 19.4 Å². The van der Waals surface area contributed by atoms with Crippen molar-refractivity contribution in [3.63, 3.8) is 0 Å². The van der Waals surface area contributed by atoms with E-state index in [9.17, 15) is 9.90 Å². The average molecular weight is 327 g/mol. The van der Waals surface area contributed by atoms with E-state index in [1.54, 1.807) is 6.26 Å². The number of hydrogen-bond acceptors (Lipinski definition) is 3. The number of carbonyl (C=O) groups is 1. The van der Waals surface area contributed by atoms with Crippen LogP contribution in [0.3, 0.4) is 0 Å². The van der Waals surface area contributed by atoms with Gasteiger partial charge in [0.15, 0.2) is 0 Å². The molecule has 0 unspecified atom stereocenters. The maximum Gasteiger partial charge on any atom is 0.258 e. The first-order valence-electron chi connectivity index (χ1n) is 9.18. The van der Waals surface area contributed by atoms with Gasteiger partial charge in [-0.25, -0.2) is 0 Å². The molecule has 0 bridgehead atoms. The van der Waals surface area contributed by atoms with Gasteiger partial charge in [0.2, 0.25) is 0 Å². The number of fused-ring (bicyclic) bond motifs is 1. The molecule has 1 N–H and O–H groups in total. The molecule has 3 atom stereocenters. The van der Waals surface area contributed by atoms with Gasteiger partial charge < -0.3 is 14.4 Å². The van der Waals surface area contributed by atoms with E-state index in [4.69, 9.17) is 4.42 Å². The molecular weight excluding hydrogens is 302 g/mol. The second kappa shape index (κ2) is 6.25. The highest BCUT2D eigenvalue weighted by molar-refractivity contribution is 6.06. The number of carbonyl (C=O) groups excluding carboxylic acids is 1. The highest BCUT2D eigenvalue weighted by atomic mass is 16.3. The van der Waals surface area contributed by atoms with Gasteiger partial charge in [-0.2, -0.15) is 0 Å². The molecule has 4 rings (SSSR count). The maximum atomic E-state index is 13.2. The van der Waals surface area contributed by atoms with Crippen LogP contribution in [0, 0.1) is 5.92 Å². The highest BCUT2D eigenvalue weighted by Crippen LogP contribution is 2.37. The van der Waals surface area contributed by atoms with E-state index in [1.165, 1.54) is 5.56 Å². The molecule has 0 spiro atoms. The van der Waals surface area contributed by atoms with Crippen molar-refractivity contribution in [3.8, 4) is 0 Å². The minimum Gasteiger partial charge on any atom is -0.463 e. The van der Waals surface area contributed by atoms with E-state index in [0.29, 0.717) is 5.56 Å². The predicted molar refractivity (Wildman–Crippen MR) is 93.0 cm³/mol. The van der Waals surface area contributed by atoms with Crippen LogP contribution in [0.15, 0.2) is 28.9 Å². The summed E-state index contributed by atoms with van der Waals surface area (Å²) >= 11 is 0. The zero-order valence-electron chi connectivity index (χ0n) is 14.2. The first kappa shape index (κ1) is 15.7.